The minimum Gasteiger partial charge on any atom is -0.329 e. The van der Waals surface area contributed by atoms with Gasteiger partial charge in [-0.25, -0.2) is 0 Å². The quantitative estimate of drug-likeness (QED) is 0.770. The zero-order valence-corrected chi connectivity index (χ0v) is 13.3. The molecule has 2 rings (SSSR count). The van der Waals surface area contributed by atoms with E-state index in [9.17, 15) is 4.79 Å². The topological polar surface area (TPSA) is 32.9 Å². The Morgan fingerprint density at radius 1 is 1.10 bits per heavy atom. The third-order valence-electron chi connectivity index (χ3n) is 5.22. The van der Waals surface area contributed by atoms with Gasteiger partial charge in [0.05, 0.1) is 0 Å². The summed E-state index contributed by atoms with van der Waals surface area (Å²) in [5.74, 6) is 0. The van der Waals surface area contributed by atoms with Crippen molar-refractivity contribution in [1.29, 1.82) is 0 Å². The zero-order valence-electron chi connectivity index (χ0n) is 13.3. The fourth-order valence-electron chi connectivity index (χ4n) is 3.54. The first-order chi connectivity index (χ1) is 9.47. The molecule has 2 nitrogen and oxygen atoms in total. The number of rotatable bonds is 5. The van der Waals surface area contributed by atoms with Gasteiger partial charge in [0.2, 0.25) is 5.56 Å². The Morgan fingerprint density at radius 3 is 2.35 bits per heavy atom. The molecule has 0 spiro atoms. The summed E-state index contributed by atoms with van der Waals surface area (Å²) in [6.45, 7) is 7.03. The molecule has 0 aromatic carbocycles. The summed E-state index contributed by atoms with van der Waals surface area (Å²) in [5.41, 5.74) is 2.14. The van der Waals surface area contributed by atoms with Crippen molar-refractivity contribution >= 4 is 0 Å². The predicted octanol–water partition coefficient (Wildman–Crippen LogP) is 4.79. The minimum absolute atomic E-state index is 0.00796. The van der Waals surface area contributed by atoms with Gasteiger partial charge in [-0.2, -0.15) is 0 Å². The van der Waals surface area contributed by atoms with Gasteiger partial charge < -0.3 is 4.98 Å². The van der Waals surface area contributed by atoms with Gasteiger partial charge in [0.15, 0.2) is 0 Å². The first kappa shape index (κ1) is 15.3. The lowest BCUT2D eigenvalue weighted by Crippen LogP contribution is -2.35. The van der Waals surface area contributed by atoms with Gasteiger partial charge in [0, 0.05) is 12.3 Å². The maximum absolute atomic E-state index is 11.3. The molecule has 0 bridgehead atoms. The van der Waals surface area contributed by atoms with E-state index in [0.717, 1.165) is 0 Å². The third-order valence-corrected chi connectivity index (χ3v) is 5.22. The molecule has 1 saturated carbocycles. The number of unbranched alkanes of at least 4 members (excludes halogenated alkanes) is 2. The molecule has 0 unspecified atom stereocenters. The van der Waals surface area contributed by atoms with Crippen LogP contribution in [-0.4, -0.2) is 4.98 Å². The highest BCUT2D eigenvalue weighted by Gasteiger charge is 2.39. The summed E-state index contributed by atoms with van der Waals surface area (Å²) in [6.07, 6.45) is 12.2. The van der Waals surface area contributed by atoms with Crippen LogP contribution in [0.3, 0.4) is 0 Å². The van der Waals surface area contributed by atoms with Gasteiger partial charge in [-0.1, -0.05) is 46.1 Å². The van der Waals surface area contributed by atoms with Crippen LogP contribution in [0.4, 0.5) is 0 Å². The molecular weight excluding hydrogens is 246 g/mol. The fraction of sp³-hybridized carbons (Fsp3) is 0.722. The van der Waals surface area contributed by atoms with E-state index in [1.807, 2.05) is 6.20 Å². The molecule has 2 heteroatoms. The molecule has 20 heavy (non-hydrogen) atoms. The lowest BCUT2D eigenvalue weighted by Gasteiger charge is -2.44. The summed E-state index contributed by atoms with van der Waals surface area (Å²) in [7, 11) is 0. The first-order valence-corrected chi connectivity index (χ1v) is 8.17. The normalized spacial score (nSPS) is 20.8. The second kappa shape index (κ2) is 6.15. The minimum atomic E-state index is 0.00796. The monoisotopic (exact) mass is 275 g/mol. The maximum atomic E-state index is 11.3. The van der Waals surface area contributed by atoms with Crippen molar-refractivity contribution in [2.75, 3.05) is 0 Å². The molecule has 112 valence electrons. The van der Waals surface area contributed by atoms with Crippen molar-refractivity contribution < 1.29 is 0 Å². The van der Waals surface area contributed by atoms with E-state index in [2.05, 4.69) is 31.8 Å². The summed E-state index contributed by atoms with van der Waals surface area (Å²) in [4.78, 5) is 14.2. The van der Waals surface area contributed by atoms with Crippen LogP contribution in [0.25, 0.3) is 0 Å². The number of pyridine rings is 1. The number of nitrogens with one attached hydrogen (secondary N) is 1. The summed E-state index contributed by atoms with van der Waals surface area (Å²) in [5, 5.41) is 0. The van der Waals surface area contributed by atoms with Crippen LogP contribution >= 0.6 is 0 Å². The molecule has 0 radical (unpaired) electrons. The molecule has 0 atom stereocenters. The summed E-state index contributed by atoms with van der Waals surface area (Å²) < 4.78 is 0. The van der Waals surface area contributed by atoms with Crippen LogP contribution in [0.2, 0.25) is 0 Å². The SMILES string of the molecule is CCCCCC1(c2ccc(=O)[nH]c2)CCC(C)(C)CC1. The number of aromatic nitrogens is 1. The molecule has 1 aliphatic carbocycles. The van der Waals surface area contributed by atoms with Gasteiger partial charge >= 0.3 is 0 Å². The predicted molar refractivity (Wildman–Crippen MR) is 85.1 cm³/mol. The summed E-state index contributed by atoms with van der Waals surface area (Å²) >= 11 is 0. The Balaban J connectivity index is 2.20. The van der Waals surface area contributed by atoms with Gasteiger partial charge in [-0.3, -0.25) is 4.79 Å². The number of H-pyrrole nitrogens is 1. The smallest absolute Gasteiger partial charge is 0.247 e. The summed E-state index contributed by atoms with van der Waals surface area (Å²) in [6, 6.07) is 3.75. The van der Waals surface area contributed by atoms with Crippen molar-refractivity contribution in [2.24, 2.45) is 5.41 Å². The number of aromatic amines is 1. The van der Waals surface area contributed by atoms with E-state index < -0.39 is 0 Å². The largest absolute Gasteiger partial charge is 0.329 e. The lowest BCUT2D eigenvalue weighted by atomic mass is 9.61. The van der Waals surface area contributed by atoms with Crippen molar-refractivity contribution in [1.82, 2.24) is 4.98 Å². The van der Waals surface area contributed by atoms with Crippen LogP contribution in [-0.2, 0) is 5.41 Å². The van der Waals surface area contributed by atoms with E-state index >= 15 is 0 Å². The molecule has 1 heterocycles. The Labute approximate surface area is 123 Å². The lowest BCUT2D eigenvalue weighted by molar-refractivity contribution is 0.151. The Kier molecular flexibility index (Phi) is 4.72. The molecule has 1 aromatic heterocycles. The van der Waals surface area contributed by atoms with E-state index in [-0.39, 0.29) is 5.56 Å². The molecule has 1 N–H and O–H groups in total. The van der Waals surface area contributed by atoms with E-state index in [4.69, 9.17) is 0 Å². The van der Waals surface area contributed by atoms with Crippen LogP contribution in [0.1, 0.15) is 77.7 Å². The van der Waals surface area contributed by atoms with Crippen molar-refractivity contribution in [3.05, 3.63) is 34.2 Å². The molecule has 0 amide bonds. The molecule has 1 fully saturated rings. The second-order valence-electron chi connectivity index (χ2n) is 7.34. The fourth-order valence-corrected chi connectivity index (χ4v) is 3.54. The standard InChI is InChI=1S/C18H29NO/c1-4-5-6-9-18(12-10-17(2,3)11-13-18)15-7-8-16(20)19-14-15/h7-8,14H,4-6,9-13H2,1-3H3,(H,19,20). The first-order valence-electron chi connectivity index (χ1n) is 8.17. The van der Waals surface area contributed by atoms with Crippen molar-refractivity contribution in [3.63, 3.8) is 0 Å². The van der Waals surface area contributed by atoms with Crippen LogP contribution in [0.5, 0.6) is 0 Å². The molecule has 1 aliphatic rings. The average Bonchev–Trinajstić information content (AvgIpc) is 2.42. The number of hydrogen-bond acceptors (Lipinski definition) is 1. The molecule has 0 saturated heterocycles. The van der Waals surface area contributed by atoms with Crippen LogP contribution in [0, 0.1) is 5.41 Å². The average molecular weight is 275 g/mol. The highest BCUT2D eigenvalue weighted by Crippen LogP contribution is 2.49. The molecular formula is C18H29NO. The Hall–Kier alpha value is -1.05. The van der Waals surface area contributed by atoms with E-state index in [1.165, 1.54) is 56.9 Å². The zero-order chi connectivity index (χ0) is 14.6. The van der Waals surface area contributed by atoms with Gasteiger partial charge in [-0.15, -0.1) is 0 Å². The number of hydrogen-bond donors (Lipinski definition) is 1. The third kappa shape index (κ3) is 3.53. The highest BCUT2D eigenvalue weighted by molar-refractivity contribution is 5.23. The van der Waals surface area contributed by atoms with Crippen molar-refractivity contribution in [2.45, 2.75) is 77.6 Å². The van der Waals surface area contributed by atoms with Crippen LogP contribution < -0.4 is 5.56 Å². The second-order valence-corrected chi connectivity index (χ2v) is 7.34. The van der Waals surface area contributed by atoms with Crippen molar-refractivity contribution in [3.8, 4) is 0 Å². The molecule has 1 aromatic rings. The van der Waals surface area contributed by atoms with Gasteiger partial charge in [0.1, 0.15) is 0 Å². The van der Waals surface area contributed by atoms with Crippen LogP contribution in [0.15, 0.2) is 23.1 Å². The van der Waals surface area contributed by atoms with Gasteiger partial charge in [0.25, 0.3) is 0 Å². The molecule has 0 aliphatic heterocycles. The van der Waals surface area contributed by atoms with E-state index in [0.29, 0.717) is 10.8 Å². The van der Waals surface area contributed by atoms with Gasteiger partial charge in [-0.05, 0) is 48.5 Å². The highest BCUT2D eigenvalue weighted by atomic mass is 16.1. The Bertz CT molecular complexity index is 456. The Morgan fingerprint density at radius 2 is 1.80 bits per heavy atom. The maximum Gasteiger partial charge on any atom is 0.247 e. The van der Waals surface area contributed by atoms with E-state index in [1.54, 1.807) is 6.07 Å².